The molecule has 0 saturated heterocycles. The molecule has 8 heteroatoms. The van der Waals surface area contributed by atoms with Gasteiger partial charge in [0.25, 0.3) is 0 Å². The van der Waals surface area contributed by atoms with E-state index in [1.54, 1.807) is 0 Å². The number of hydrogen-bond donors (Lipinski definition) is 5. The van der Waals surface area contributed by atoms with Crippen molar-refractivity contribution in [2.24, 2.45) is 11.5 Å². The number of thiol groups is 1. The van der Waals surface area contributed by atoms with Crippen molar-refractivity contribution in [3.05, 3.63) is 0 Å². The summed E-state index contributed by atoms with van der Waals surface area (Å²) in [7, 11) is 0. The monoisotopic (exact) mass is 249 g/mol. The molecule has 0 radical (unpaired) electrons. The largest absolute Gasteiger partial charge is 0.480 e. The lowest BCUT2D eigenvalue weighted by molar-refractivity contribution is -0.138. The molecule has 0 aliphatic rings. The lowest BCUT2D eigenvalue weighted by Crippen LogP contribution is -2.44. The maximum absolute atomic E-state index is 11.1. The number of imide groups is 1. The summed E-state index contributed by atoms with van der Waals surface area (Å²) in [5.41, 5.74) is 10.5. The van der Waals surface area contributed by atoms with Crippen LogP contribution in [0.2, 0.25) is 0 Å². The lowest BCUT2D eigenvalue weighted by Gasteiger charge is -2.09. The van der Waals surface area contributed by atoms with Crippen LogP contribution in [0.5, 0.6) is 0 Å². The van der Waals surface area contributed by atoms with Gasteiger partial charge in [0, 0.05) is 12.2 Å². The van der Waals surface area contributed by atoms with E-state index >= 15 is 0 Å². The molecule has 2 amide bonds. The van der Waals surface area contributed by atoms with E-state index in [9.17, 15) is 14.4 Å². The molecule has 0 rings (SSSR count). The predicted molar refractivity (Wildman–Crippen MR) is 59.8 cm³/mol. The number of nitrogens with two attached hydrogens (primary N) is 2. The molecule has 0 aromatic heterocycles. The highest BCUT2D eigenvalue weighted by atomic mass is 32.1. The maximum atomic E-state index is 11.1. The summed E-state index contributed by atoms with van der Waals surface area (Å²) in [4.78, 5) is 32.6. The van der Waals surface area contributed by atoms with Crippen LogP contribution in [0, 0.1) is 0 Å². The zero-order valence-electron chi connectivity index (χ0n) is 8.55. The molecular weight excluding hydrogens is 234 g/mol. The molecule has 16 heavy (non-hydrogen) atoms. The zero-order chi connectivity index (χ0) is 12.7. The molecule has 2 atom stereocenters. The molecule has 6 N–H and O–H groups in total. The molecule has 0 aliphatic heterocycles. The average molecular weight is 249 g/mol. The van der Waals surface area contributed by atoms with Crippen molar-refractivity contribution in [3.63, 3.8) is 0 Å². The number of amides is 2. The van der Waals surface area contributed by atoms with Crippen LogP contribution >= 0.6 is 12.6 Å². The summed E-state index contributed by atoms with van der Waals surface area (Å²) in [5.74, 6) is -2.30. The molecular formula is C8H15N3O4S. The van der Waals surface area contributed by atoms with E-state index in [0.29, 0.717) is 0 Å². The van der Waals surface area contributed by atoms with Crippen LogP contribution in [-0.4, -0.2) is 40.7 Å². The Morgan fingerprint density at radius 2 is 1.81 bits per heavy atom. The van der Waals surface area contributed by atoms with Crippen molar-refractivity contribution in [2.75, 3.05) is 5.75 Å². The van der Waals surface area contributed by atoms with Crippen LogP contribution in [0.1, 0.15) is 12.8 Å². The number of carbonyl (C=O) groups is 3. The number of carboxylic acid groups (broad SMARTS) is 1. The zero-order valence-corrected chi connectivity index (χ0v) is 9.44. The fraction of sp³-hybridized carbons (Fsp3) is 0.625. The van der Waals surface area contributed by atoms with Crippen molar-refractivity contribution in [3.8, 4) is 0 Å². The van der Waals surface area contributed by atoms with Gasteiger partial charge >= 0.3 is 5.97 Å². The highest BCUT2D eigenvalue weighted by Crippen LogP contribution is 1.95. The van der Waals surface area contributed by atoms with Gasteiger partial charge in [0.15, 0.2) is 0 Å². The first-order valence-electron chi connectivity index (χ1n) is 4.57. The van der Waals surface area contributed by atoms with Gasteiger partial charge in [-0.05, 0) is 6.42 Å². The van der Waals surface area contributed by atoms with Crippen molar-refractivity contribution in [2.45, 2.75) is 24.9 Å². The average Bonchev–Trinajstić information content (AvgIpc) is 2.24. The third-order valence-electron chi connectivity index (χ3n) is 1.80. The van der Waals surface area contributed by atoms with E-state index < -0.39 is 29.9 Å². The van der Waals surface area contributed by atoms with Crippen LogP contribution in [-0.2, 0) is 14.4 Å². The Kier molecular flexibility index (Phi) is 6.70. The lowest BCUT2D eigenvalue weighted by atomic mass is 10.1. The van der Waals surface area contributed by atoms with Gasteiger partial charge in [0.1, 0.15) is 6.04 Å². The van der Waals surface area contributed by atoms with E-state index in [1.807, 2.05) is 5.32 Å². The smallest absolute Gasteiger partial charge is 0.320 e. The second kappa shape index (κ2) is 7.20. The van der Waals surface area contributed by atoms with E-state index in [2.05, 4.69) is 12.6 Å². The van der Waals surface area contributed by atoms with Crippen molar-refractivity contribution in [1.29, 1.82) is 0 Å². The minimum Gasteiger partial charge on any atom is -0.480 e. The highest BCUT2D eigenvalue weighted by Gasteiger charge is 2.17. The molecule has 7 nitrogen and oxygen atoms in total. The summed E-state index contributed by atoms with van der Waals surface area (Å²) in [5, 5.41) is 10.5. The Hall–Kier alpha value is -1.12. The quantitative estimate of drug-likeness (QED) is 0.348. The van der Waals surface area contributed by atoms with E-state index in [4.69, 9.17) is 16.6 Å². The fourth-order valence-corrected chi connectivity index (χ4v) is 0.951. The van der Waals surface area contributed by atoms with E-state index in [0.717, 1.165) is 0 Å². The van der Waals surface area contributed by atoms with Gasteiger partial charge < -0.3 is 16.6 Å². The molecule has 0 aromatic carbocycles. The van der Waals surface area contributed by atoms with Crippen LogP contribution in [0.15, 0.2) is 0 Å². The molecule has 2 unspecified atom stereocenters. The van der Waals surface area contributed by atoms with E-state index in [1.165, 1.54) is 0 Å². The number of carbonyl (C=O) groups excluding carboxylic acids is 2. The van der Waals surface area contributed by atoms with Crippen LogP contribution in [0.25, 0.3) is 0 Å². The first-order valence-corrected chi connectivity index (χ1v) is 5.20. The Morgan fingerprint density at radius 3 is 2.25 bits per heavy atom. The maximum Gasteiger partial charge on any atom is 0.320 e. The van der Waals surface area contributed by atoms with Crippen molar-refractivity contribution < 1.29 is 19.5 Å². The first kappa shape index (κ1) is 14.9. The standard InChI is InChI=1S/C8H15N3O4S/c9-4(8(14)15)1-2-6(12)11-7(13)5(10)3-16/h4-5,16H,1-3,9-10H2,(H,14,15)(H,11,12,13). The molecule has 0 heterocycles. The third-order valence-corrected chi connectivity index (χ3v) is 2.19. The van der Waals surface area contributed by atoms with Crippen LogP contribution < -0.4 is 16.8 Å². The van der Waals surface area contributed by atoms with Gasteiger partial charge in [0.2, 0.25) is 11.8 Å². The molecule has 0 aromatic rings. The molecule has 92 valence electrons. The highest BCUT2D eigenvalue weighted by molar-refractivity contribution is 7.80. The SMILES string of the molecule is NC(CCC(=O)NC(=O)C(N)CS)C(=O)O. The topological polar surface area (TPSA) is 136 Å². The Morgan fingerprint density at radius 1 is 1.25 bits per heavy atom. The Bertz CT molecular complexity index is 284. The van der Waals surface area contributed by atoms with Gasteiger partial charge in [-0.3, -0.25) is 19.7 Å². The second-order valence-corrected chi connectivity index (χ2v) is 3.55. The van der Waals surface area contributed by atoms with Gasteiger partial charge in [0.05, 0.1) is 6.04 Å². The number of hydrogen-bond acceptors (Lipinski definition) is 6. The summed E-state index contributed by atoms with van der Waals surface area (Å²) < 4.78 is 0. The predicted octanol–water partition coefficient (Wildman–Crippen LogP) is -1.92. The number of aliphatic carboxylic acids is 1. The van der Waals surface area contributed by atoms with Crippen LogP contribution in [0.4, 0.5) is 0 Å². The number of nitrogens with one attached hydrogen (secondary N) is 1. The summed E-state index contributed by atoms with van der Waals surface area (Å²) in [6, 6.07) is -1.97. The number of carboxylic acids is 1. The van der Waals surface area contributed by atoms with Gasteiger partial charge in [-0.2, -0.15) is 12.6 Å². The Labute approximate surface area is 98.0 Å². The third kappa shape index (κ3) is 5.69. The van der Waals surface area contributed by atoms with Gasteiger partial charge in [-0.1, -0.05) is 0 Å². The first-order chi connectivity index (χ1) is 7.38. The summed E-state index contributed by atoms with van der Waals surface area (Å²) in [6.07, 6.45) is -0.178. The van der Waals surface area contributed by atoms with Crippen LogP contribution in [0.3, 0.4) is 0 Å². The molecule has 0 bridgehead atoms. The van der Waals surface area contributed by atoms with Crippen molar-refractivity contribution >= 4 is 30.4 Å². The van der Waals surface area contributed by atoms with Gasteiger partial charge in [-0.25, -0.2) is 0 Å². The molecule has 0 saturated carbocycles. The molecule has 0 fully saturated rings. The fourth-order valence-electron chi connectivity index (χ4n) is 0.786. The normalized spacial score (nSPS) is 13.9. The minimum absolute atomic E-state index is 0.0371. The minimum atomic E-state index is -1.19. The summed E-state index contributed by atoms with van der Waals surface area (Å²) >= 11 is 3.79. The summed E-state index contributed by atoms with van der Waals surface area (Å²) in [6.45, 7) is 0. The number of rotatable bonds is 6. The van der Waals surface area contributed by atoms with Gasteiger partial charge in [-0.15, -0.1) is 0 Å². The van der Waals surface area contributed by atoms with Crippen molar-refractivity contribution in [1.82, 2.24) is 5.32 Å². The second-order valence-electron chi connectivity index (χ2n) is 3.18. The molecule has 0 aliphatic carbocycles. The van der Waals surface area contributed by atoms with E-state index in [-0.39, 0.29) is 18.6 Å². The molecule has 0 spiro atoms. The Balaban J connectivity index is 3.92.